The number of piperidine rings is 1. The minimum absolute atomic E-state index is 0.0980. The van der Waals surface area contributed by atoms with Gasteiger partial charge in [-0.25, -0.2) is 9.97 Å². The summed E-state index contributed by atoms with van der Waals surface area (Å²) in [6.45, 7) is 1.02. The summed E-state index contributed by atoms with van der Waals surface area (Å²) in [6.07, 6.45) is 4.76. The van der Waals surface area contributed by atoms with Gasteiger partial charge in [-0.1, -0.05) is 12.1 Å². The lowest BCUT2D eigenvalue weighted by Gasteiger charge is -2.31. The van der Waals surface area contributed by atoms with Crippen molar-refractivity contribution in [2.75, 3.05) is 18.8 Å². The van der Waals surface area contributed by atoms with E-state index in [2.05, 4.69) is 9.97 Å². The first-order chi connectivity index (χ1) is 11.5. The van der Waals surface area contributed by atoms with Gasteiger partial charge < -0.3 is 16.4 Å². The van der Waals surface area contributed by atoms with Crippen molar-refractivity contribution in [1.82, 2.24) is 14.9 Å². The second kappa shape index (κ2) is 6.66. The van der Waals surface area contributed by atoms with Gasteiger partial charge in [0.25, 0.3) is 5.91 Å². The van der Waals surface area contributed by atoms with Crippen LogP contribution < -0.4 is 11.5 Å². The van der Waals surface area contributed by atoms with E-state index in [4.69, 9.17) is 11.5 Å². The molecule has 3 rings (SSSR count). The Labute approximate surface area is 139 Å². The Morgan fingerprint density at radius 2 is 1.92 bits per heavy atom. The zero-order valence-corrected chi connectivity index (χ0v) is 13.2. The third-order valence-corrected chi connectivity index (χ3v) is 4.23. The lowest BCUT2D eigenvalue weighted by Crippen LogP contribution is -2.44. The summed E-state index contributed by atoms with van der Waals surface area (Å²) in [7, 11) is 0. The number of nitrogens with zero attached hydrogens (tertiary/aromatic N) is 3. The number of nitrogen functional groups attached to an aromatic ring is 1. The molecule has 0 bridgehead atoms. The number of aromatic nitrogens is 2. The Kier molecular flexibility index (Phi) is 4.41. The van der Waals surface area contributed by atoms with Crippen LogP contribution in [0.25, 0.3) is 11.1 Å². The van der Waals surface area contributed by atoms with Crippen molar-refractivity contribution in [1.29, 1.82) is 0 Å². The molecular formula is C17H19N5O2. The summed E-state index contributed by atoms with van der Waals surface area (Å²) in [5.74, 6) is -0.507. The van der Waals surface area contributed by atoms with Crippen LogP contribution in [0.3, 0.4) is 0 Å². The Bertz CT molecular complexity index is 760. The standard InChI is InChI=1S/C17H19N5O2/c18-15(23)13-5-2-6-22(10-13)16(24)12-4-1-3-11(7-12)14-8-20-17(19)21-9-14/h1,3-4,7-9,13H,2,5-6,10H2,(H2,18,23)(H2,19,20,21)/t13-/m1/s1. The van der Waals surface area contributed by atoms with E-state index in [1.54, 1.807) is 29.4 Å². The van der Waals surface area contributed by atoms with Crippen molar-refractivity contribution in [3.8, 4) is 11.1 Å². The molecule has 1 saturated heterocycles. The minimum Gasteiger partial charge on any atom is -0.369 e. The highest BCUT2D eigenvalue weighted by molar-refractivity contribution is 5.96. The van der Waals surface area contributed by atoms with Crippen LogP contribution in [0, 0.1) is 5.92 Å². The van der Waals surface area contributed by atoms with Gasteiger partial charge in [0.05, 0.1) is 5.92 Å². The van der Waals surface area contributed by atoms with Gasteiger partial charge in [0.1, 0.15) is 0 Å². The predicted octanol–water partition coefficient (Wildman–Crippen LogP) is 1.06. The summed E-state index contributed by atoms with van der Waals surface area (Å²) >= 11 is 0. The van der Waals surface area contributed by atoms with Gasteiger partial charge in [0.15, 0.2) is 0 Å². The molecule has 2 amide bonds. The Balaban J connectivity index is 1.81. The van der Waals surface area contributed by atoms with Crippen LogP contribution in [0.1, 0.15) is 23.2 Å². The van der Waals surface area contributed by atoms with Gasteiger partial charge >= 0.3 is 0 Å². The molecule has 0 radical (unpaired) electrons. The summed E-state index contributed by atoms with van der Waals surface area (Å²) < 4.78 is 0. The van der Waals surface area contributed by atoms with Crippen molar-refractivity contribution in [3.63, 3.8) is 0 Å². The number of likely N-dealkylation sites (tertiary alicyclic amines) is 1. The maximum atomic E-state index is 12.7. The van der Waals surface area contributed by atoms with Gasteiger partial charge in [-0.3, -0.25) is 9.59 Å². The number of carbonyl (C=O) groups is 2. The smallest absolute Gasteiger partial charge is 0.253 e. The fourth-order valence-electron chi connectivity index (χ4n) is 2.90. The molecule has 1 aromatic carbocycles. The quantitative estimate of drug-likeness (QED) is 0.875. The van der Waals surface area contributed by atoms with Crippen LogP contribution in [0.2, 0.25) is 0 Å². The van der Waals surface area contributed by atoms with Gasteiger partial charge in [0, 0.05) is 36.6 Å². The first kappa shape index (κ1) is 15.9. The summed E-state index contributed by atoms with van der Waals surface area (Å²) in [5, 5.41) is 0. The predicted molar refractivity (Wildman–Crippen MR) is 89.7 cm³/mol. The summed E-state index contributed by atoms with van der Waals surface area (Å²) in [4.78, 5) is 33.7. The zero-order chi connectivity index (χ0) is 17.1. The van der Waals surface area contributed by atoms with Gasteiger partial charge in [-0.15, -0.1) is 0 Å². The highest BCUT2D eigenvalue weighted by Crippen LogP contribution is 2.22. The average Bonchev–Trinajstić information content (AvgIpc) is 2.62. The fourth-order valence-corrected chi connectivity index (χ4v) is 2.90. The molecule has 1 aliphatic heterocycles. The highest BCUT2D eigenvalue weighted by Gasteiger charge is 2.27. The van der Waals surface area contributed by atoms with Gasteiger partial charge in [0.2, 0.25) is 11.9 Å². The van der Waals surface area contributed by atoms with Crippen LogP contribution in [0.15, 0.2) is 36.7 Å². The molecule has 1 aliphatic rings. The lowest BCUT2D eigenvalue weighted by molar-refractivity contribution is -0.123. The second-order valence-corrected chi connectivity index (χ2v) is 5.90. The minimum atomic E-state index is -0.347. The molecule has 0 aliphatic carbocycles. The Hall–Kier alpha value is -2.96. The second-order valence-electron chi connectivity index (χ2n) is 5.90. The summed E-state index contributed by atoms with van der Waals surface area (Å²) in [5.41, 5.74) is 13.1. The van der Waals surface area contributed by atoms with Crippen molar-refractivity contribution >= 4 is 17.8 Å². The molecule has 7 nitrogen and oxygen atoms in total. The number of amides is 2. The van der Waals surface area contributed by atoms with Crippen molar-refractivity contribution in [2.24, 2.45) is 11.7 Å². The monoisotopic (exact) mass is 325 g/mol. The summed E-state index contributed by atoms with van der Waals surface area (Å²) in [6, 6.07) is 7.26. The first-order valence-corrected chi connectivity index (χ1v) is 7.81. The SMILES string of the molecule is NC(=O)[C@@H]1CCCN(C(=O)c2cccc(-c3cnc(N)nc3)c2)C1. The number of nitrogens with two attached hydrogens (primary N) is 2. The zero-order valence-electron chi connectivity index (χ0n) is 13.2. The molecule has 124 valence electrons. The third-order valence-electron chi connectivity index (χ3n) is 4.23. The normalized spacial score (nSPS) is 17.5. The Morgan fingerprint density at radius 1 is 1.17 bits per heavy atom. The van der Waals surface area contributed by atoms with Crippen molar-refractivity contribution in [2.45, 2.75) is 12.8 Å². The van der Waals surface area contributed by atoms with Crippen LogP contribution in [0.5, 0.6) is 0 Å². The number of primary amides is 1. The number of anilines is 1. The van der Waals surface area contributed by atoms with Gasteiger partial charge in [-0.05, 0) is 30.5 Å². The third kappa shape index (κ3) is 3.34. The molecule has 2 heterocycles. The number of rotatable bonds is 3. The van der Waals surface area contributed by atoms with Crippen molar-refractivity contribution in [3.05, 3.63) is 42.2 Å². The van der Waals surface area contributed by atoms with E-state index in [1.165, 1.54) is 0 Å². The maximum Gasteiger partial charge on any atom is 0.253 e. The molecule has 0 saturated carbocycles. The van der Waals surface area contributed by atoms with Crippen LogP contribution >= 0.6 is 0 Å². The van der Waals surface area contributed by atoms with Gasteiger partial charge in [-0.2, -0.15) is 0 Å². The molecule has 2 aromatic rings. The highest BCUT2D eigenvalue weighted by atomic mass is 16.2. The fraction of sp³-hybridized carbons (Fsp3) is 0.294. The van der Waals surface area contributed by atoms with E-state index < -0.39 is 0 Å². The number of hydrogen-bond acceptors (Lipinski definition) is 5. The van der Waals surface area contributed by atoms with E-state index in [0.717, 1.165) is 24.0 Å². The topological polar surface area (TPSA) is 115 Å². The molecule has 0 unspecified atom stereocenters. The molecule has 1 atom stereocenters. The van der Waals surface area contributed by atoms with E-state index in [-0.39, 0.29) is 23.7 Å². The Morgan fingerprint density at radius 3 is 2.62 bits per heavy atom. The molecule has 1 fully saturated rings. The number of hydrogen-bond donors (Lipinski definition) is 2. The lowest BCUT2D eigenvalue weighted by atomic mass is 9.96. The van der Waals surface area contributed by atoms with Crippen LogP contribution in [-0.4, -0.2) is 39.8 Å². The van der Waals surface area contributed by atoms with Crippen LogP contribution in [-0.2, 0) is 4.79 Å². The van der Waals surface area contributed by atoms with E-state index in [0.29, 0.717) is 18.7 Å². The molecular weight excluding hydrogens is 306 g/mol. The largest absolute Gasteiger partial charge is 0.369 e. The molecule has 4 N–H and O–H groups in total. The maximum absolute atomic E-state index is 12.7. The first-order valence-electron chi connectivity index (χ1n) is 7.81. The number of benzene rings is 1. The van der Waals surface area contributed by atoms with Crippen molar-refractivity contribution < 1.29 is 9.59 Å². The number of carbonyl (C=O) groups excluding carboxylic acids is 2. The van der Waals surface area contributed by atoms with E-state index >= 15 is 0 Å². The van der Waals surface area contributed by atoms with Crippen LogP contribution in [0.4, 0.5) is 5.95 Å². The molecule has 24 heavy (non-hydrogen) atoms. The average molecular weight is 325 g/mol. The van der Waals surface area contributed by atoms with E-state index in [1.807, 2.05) is 12.1 Å². The molecule has 0 spiro atoms. The molecule has 7 heteroatoms. The van der Waals surface area contributed by atoms with E-state index in [9.17, 15) is 9.59 Å². The molecule has 1 aromatic heterocycles.